The number of methoxy groups -OCH3 is 1. The zero-order chi connectivity index (χ0) is 27.9. The fourth-order valence-electron chi connectivity index (χ4n) is 5.23. The van der Waals surface area contributed by atoms with Crippen molar-refractivity contribution in [3.63, 3.8) is 0 Å². The minimum atomic E-state index is -4.71. The number of amides is 1. The van der Waals surface area contributed by atoms with E-state index < -0.39 is 11.9 Å². The molecule has 8 nitrogen and oxygen atoms in total. The molecular formula is C28H29F3N6O2. The number of carbonyl (C=O) groups excluding carboxylic acids is 1. The minimum Gasteiger partial charge on any atom is -0.497 e. The van der Waals surface area contributed by atoms with Crippen molar-refractivity contribution in [1.82, 2.24) is 29.4 Å². The average molecular weight is 539 g/mol. The summed E-state index contributed by atoms with van der Waals surface area (Å²) in [5, 5.41) is 3.98. The van der Waals surface area contributed by atoms with Gasteiger partial charge in [-0.3, -0.25) is 14.7 Å². The van der Waals surface area contributed by atoms with E-state index in [1.165, 1.54) is 20.2 Å². The molecular weight excluding hydrogens is 509 g/mol. The molecule has 0 N–H and O–H groups in total. The van der Waals surface area contributed by atoms with Crippen LogP contribution in [-0.2, 0) is 6.18 Å². The molecule has 1 aliphatic heterocycles. The van der Waals surface area contributed by atoms with E-state index >= 15 is 0 Å². The highest BCUT2D eigenvalue weighted by Gasteiger charge is 2.39. The fraction of sp³-hybridized carbons (Fsp3) is 0.357. The Morgan fingerprint density at radius 1 is 1.10 bits per heavy atom. The second-order valence-corrected chi connectivity index (χ2v) is 9.75. The molecule has 0 unspecified atom stereocenters. The van der Waals surface area contributed by atoms with Gasteiger partial charge in [-0.25, -0.2) is 9.50 Å². The summed E-state index contributed by atoms with van der Waals surface area (Å²) >= 11 is 0. The first kappa shape index (κ1) is 26.6. The molecule has 1 aromatic carbocycles. The van der Waals surface area contributed by atoms with Gasteiger partial charge in [0.05, 0.1) is 19.0 Å². The highest BCUT2D eigenvalue weighted by molar-refractivity contribution is 6.00. The minimum absolute atomic E-state index is 0.0396. The topological polar surface area (TPSA) is 75.9 Å². The number of rotatable bonds is 5. The Labute approximate surface area is 224 Å². The van der Waals surface area contributed by atoms with Gasteiger partial charge in [-0.2, -0.15) is 18.3 Å². The summed E-state index contributed by atoms with van der Waals surface area (Å²) in [5.41, 5.74) is 0.631. The van der Waals surface area contributed by atoms with Crippen LogP contribution in [0.25, 0.3) is 16.9 Å². The van der Waals surface area contributed by atoms with Crippen LogP contribution in [0.15, 0.2) is 55.0 Å². The molecule has 5 rings (SSSR count). The first-order valence-electron chi connectivity index (χ1n) is 12.6. The SMILES string of the molecule is COc1ccc(-c2nc3c(C(=O)N4CCN([C@@H](C)c5ccncc5)C[C@H]4C)cnn3c(C(F)(F)F)c2C)cc1. The van der Waals surface area contributed by atoms with Gasteiger partial charge in [-0.05, 0) is 62.7 Å². The number of fused-ring (bicyclic) bond motifs is 1. The molecule has 4 aromatic rings. The Morgan fingerprint density at radius 2 is 1.79 bits per heavy atom. The third-order valence-corrected chi connectivity index (χ3v) is 7.40. The zero-order valence-electron chi connectivity index (χ0n) is 22.1. The van der Waals surface area contributed by atoms with Crippen LogP contribution in [0.5, 0.6) is 5.75 Å². The van der Waals surface area contributed by atoms with Crippen LogP contribution in [0.3, 0.4) is 0 Å². The summed E-state index contributed by atoms with van der Waals surface area (Å²) in [4.78, 5) is 26.3. The number of hydrogen-bond donors (Lipinski definition) is 0. The van der Waals surface area contributed by atoms with E-state index in [0.29, 0.717) is 30.9 Å². The lowest BCUT2D eigenvalue weighted by Crippen LogP contribution is -2.54. The van der Waals surface area contributed by atoms with Gasteiger partial charge in [0.25, 0.3) is 5.91 Å². The maximum Gasteiger partial charge on any atom is 0.433 e. The molecule has 39 heavy (non-hydrogen) atoms. The maximum absolute atomic E-state index is 14.3. The van der Waals surface area contributed by atoms with Crippen molar-refractivity contribution in [2.45, 2.75) is 39.0 Å². The van der Waals surface area contributed by atoms with E-state index in [4.69, 9.17) is 4.74 Å². The molecule has 0 spiro atoms. The quantitative estimate of drug-likeness (QED) is 0.355. The number of benzene rings is 1. The number of pyridine rings is 1. The van der Waals surface area contributed by atoms with Gasteiger partial charge in [-0.15, -0.1) is 0 Å². The number of nitrogens with zero attached hydrogens (tertiary/aromatic N) is 6. The predicted octanol–water partition coefficient (Wildman–Crippen LogP) is 5.03. The average Bonchev–Trinajstić information content (AvgIpc) is 3.34. The number of hydrogen-bond acceptors (Lipinski definition) is 6. The largest absolute Gasteiger partial charge is 0.497 e. The number of piperazine rings is 1. The van der Waals surface area contributed by atoms with Gasteiger partial charge in [0.15, 0.2) is 11.3 Å². The smallest absolute Gasteiger partial charge is 0.433 e. The fourth-order valence-corrected chi connectivity index (χ4v) is 5.23. The van der Waals surface area contributed by atoms with Gasteiger partial charge in [0, 0.05) is 55.2 Å². The standard InChI is InChI=1S/C28H29F3N6O2/c1-17-16-35(19(3)20-9-11-32-12-10-20)13-14-36(17)27(38)23-15-33-37-25(28(29,30)31)18(2)24(34-26(23)37)21-5-7-22(39-4)8-6-21/h5-12,15,17,19H,13-14,16H2,1-4H3/t17-,19+/m1/s1. The highest BCUT2D eigenvalue weighted by Crippen LogP contribution is 2.37. The molecule has 1 aliphatic rings. The second-order valence-electron chi connectivity index (χ2n) is 9.75. The van der Waals surface area contributed by atoms with E-state index in [2.05, 4.69) is 26.9 Å². The molecule has 1 amide bonds. The molecule has 0 aliphatic carbocycles. The third kappa shape index (κ3) is 4.94. The number of ether oxygens (including phenoxy) is 1. The van der Waals surface area contributed by atoms with Gasteiger partial charge in [0.2, 0.25) is 0 Å². The predicted molar refractivity (Wildman–Crippen MR) is 139 cm³/mol. The number of carbonyl (C=O) groups is 1. The summed E-state index contributed by atoms with van der Waals surface area (Å²) < 4.78 is 48.7. The summed E-state index contributed by atoms with van der Waals surface area (Å²) in [5.74, 6) is 0.180. The van der Waals surface area contributed by atoms with E-state index in [0.717, 1.165) is 10.1 Å². The molecule has 1 saturated heterocycles. The van der Waals surface area contributed by atoms with E-state index in [-0.39, 0.29) is 40.5 Å². The normalized spacial score (nSPS) is 17.4. The molecule has 2 atom stereocenters. The molecule has 0 saturated carbocycles. The lowest BCUT2D eigenvalue weighted by Gasteiger charge is -2.42. The van der Waals surface area contributed by atoms with Crippen LogP contribution in [0.1, 0.15) is 47.1 Å². The monoisotopic (exact) mass is 538 g/mol. The van der Waals surface area contributed by atoms with E-state index in [9.17, 15) is 18.0 Å². The van der Waals surface area contributed by atoms with E-state index in [1.807, 2.05) is 19.1 Å². The summed E-state index contributed by atoms with van der Waals surface area (Å²) in [6.07, 6.45) is -0.00858. The molecule has 1 fully saturated rings. The molecule has 0 bridgehead atoms. The molecule has 204 valence electrons. The van der Waals surface area contributed by atoms with E-state index in [1.54, 1.807) is 41.6 Å². The Morgan fingerprint density at radius 3 is 2.41 bits per heavy atom. The number of alkyl halides is 3. The van der Waals surface area contributed by atoms with Crippen molar-refractivity contribution in [2.75, 3.05) is 26.7 Å². The van der Waals surface area contributed by atoms with Gasteiger partial charge in [0.1, 0.15) is 11.3 Å². The van der Waals surface area contributed by atoms with Crippen LogP contribution in [0, 0.1) is 6.92 Å². The first-order chi connectivity index (χ1) is 18.6. The van der Waals surface area contributed by atoms with Crippen LogP contribution in [-0.4, -0.2) is 68.1 Å². The summed E-state index contributed by atoms with van der Waals surface area (Å²) in [7, 11) is 1.51. The Kier molecular flexibility index (Phi) is 7.02. The van der Waals surface area contributed by atoms with Crippen LogP contribution in [0.2, 0.25) is 0 Å². The molecule has 4 heterocycles. The zero-order valence-corrected chi connectivity index (χ0v) is 22.1. The first-order valence-corrected chi connectivity index (χ1v) is 12.6. The Balaban J connectivity index is 1.50. The van der Waals surface area contributed by atoms with Crippen molar-refractivity contribution in [1.29, 1.82) is 0 Å². The van der Waals surface area contributed by atoms with Crippen LogP contribution in [0.4, 0.5) is 13.2 Å². The lowest BCUT2D eigenvalue weighted by atomic mass is 10.0. The molecule has 11 heteroatoms. The molecule has 0 radical (unpaired) electrons. The highest BCUT2D eigenvalue weighted by atomic mass is 19.4. The molecule has 3 aromatic heterocycles. The third-order valence-electron chi connectivity index (χ3n) is 7.40. The summed E-state index contributed by atoms with van der Waals surface area (Å²) in [6, 6.07) is 10.5. The second kappa shape index (κ2) is 10.3. The Bertz CT molecular complexity index is 1490. The Hall–Kier alpha value is -3.99. The van der Waals surface area contributed by atoms with Crippen LogP contribution < -0.4 is 4.74 Å². The van der Waals surface area contributed by atoms with Gasteiger partial charge >= 0.3 is 6.18 Å². The number of halogens is 3. The van der Waals surface area contributed by atoms with Crippen molar-refractivity contribution >= 4 is 11.6 Å². The maximum atomic E-state index is 14.3. The lowest BCUT2D eigenvalue weighted by molar-refractivity contribution is -0.143. The van der Waals surface area contributed by atoms with Crippen molar-refractivity contribution in [3.8, 4) is 17.0 Å². The number of aromatic nitrogens is 4. The van der Waals surface area contributed by atoms with Crippen LogP contribution >= 0.6 is 0 Å². The van der Waals surface area contributed by atoms with Crippen molar-refractivity contribution in [2.24, 2.45) is 0 Å². The van der Waals surface area contributed by atoms with Gasteiger partial charge < -0.3 is 9.64 Å². The van der Waals surface area contributed by atoms with Crippen molar-refractivity contribution in [3.05, 3.63) is 77.4 Å². The van der Waals surface area contributed by atoms with Crippen molar-refractivity contribution < 1.29 is 22.7 Å². The summed E-state index contributed by atoms with van der Waals surface area (Å²) in [6.45, 7) is 7.08. The van der Waals surface area contributed by atoms with Gasteiger partial charge in [-0.1, -0.05) is 0 Å².